The molecule has 0 aliphatic carbocycles. The minimum atomic E-state index is -0.545. The second-order valence-corrected chi connectivity index (χ2v) is 5.49. The number of hydrogen-bond donors (Lipinski definition) is 2. The van der Waals surface area contributed by atoms with Crippen LogP contribution in [0.5, 0.6) is 11.5 Å². The minimum absolute atomic E-state index is 0.257. The Hall–Kier alpha value is -2.92. The lowest BCUT2D eigenvalue weighted by Crippen LogP contribution is -2.35. The standard InChI is InChI=1S/C19H19N3O2/c1-2-17(20)19(23)22-18-12-16(9-10-21-18)24-15-8-7-13-5-3-4-6-14(13)11-15/h3-12,17H,2,20H2,1H3,(H,21,22,23)/t17-/m1/s1. The highest BCUT2D eigenvalue weighted by molar-refractivity contribution is 5.93. The predicted molar refractivity (Wildman–Crippen MR) is 95.2 cm³/mol. The maximum Gasteiger partial charge on any atom is 0.242 e. The lowest BCUT2D eigenvalue weighted by Gasteiger charge is -2.11. The zero-order valence-electron chi connectivity index (χ0n) is 13.4. The van der Waals surface area contributed by atoms with Gasteiger partial charge in [-0.25, -0.2) is 4.98 Å². The van der Waals surface area contributed by atoms with Crippen molar-refractivity contribution in [3.63, 3.8) is 0 Å². The maximum atomic E-state index is 11.8. The van der Waals surface area contributed by atoms with E-state index in [0.29, 0.717) is 18.0 Å². The molecule has 2 aromatic carbocycles. The summed E-state index contributed by atoms with van der Waals surface area (Å²) in [7, 11) is 0. The molecule has 1 heterocycles. The molecule has 0 saturated heterocycles. The number of nitrogens with zero attached hydrogens (tertiary/aromatic N) is 1. The van der Waals surface area contributed by atoms with Gasteiger partial charge in [0.05, 0.1) is 6.04 Å². The van der Waals surface area contributed by atoms with E-state index in [1.165, 1.54) is 0 Å². The van der Waals surface area contributed by atoms with Crippen LogP contribution in [0.1, 0.15) is 13.3 Å². The third kappa shape index (κ3) is 3.70. The fourth-order valence-electron chi connectivity index (χ4n) is 2.31. The molecule has 0 fully saturated rings. The van der Waals surface area contributed by atoms with Crippen LogP contribution in [0.4, 0.5) is 5.82 Å². The average molecular weight is 321 g/mol. The molecule has 1 aromatic heterocycles. The van der Waals surface area contributed by atoms with E-state index in [2.05, 4.69) is 16.4 Å². The van der Waals surface area contributed by atoms with E-state index in [0.717, 1.165) is 16.5 Å². The van der Waals surface area contributed by atoms with E-state index < -0.39 is 6.04 Å². The van der Waals surface area contributed by atoms with Crippen molar-refractivity contribution in [1.82, 2.24) is 4.98 Å². The zero-order chi connectivity index (χ0) is 16.9. The zero-order valence-corrected chi connectivity index (χ0v) is 13.4. The van der Waals surface area contributed by atoms with Crippen LogP contribution in [0.15, 0.2) is 60.8 Å². The highest BCUT2D eigenvalue weighted by Crippen LogP contribution is 2.26. The third-order valence-corrected chi connectivity index (χ3v) is 3.72. The Morgan fingerprint density at radius 2 is 1.88 bits per heavy atom. The number of carbonyl (C=O) groups is 1. The summed E-state index contributed by atoms with van der Waals surface area (Å²) in [5, 5.41) is 4.95. The number of amides is 1. The van der Waals surface area contributed by atoms with E-state index in [4.69, 9.17) is 10.5 Å². The van der Waals surface area contributed by atoms with Crippen LogP contribution < -0.4 is 15.8 Å². The van der Waals surface area contributed by atoms with Gasteiger partial charge in [0.25, 0.3) is 0 Å². The van der Waals surface area contributed by atoms with Gasteiger partial charge in [-0.1, -0.05) is 37.3 Å². The molecule has 24 heavy (non-hydrogen) atoms. The summed E-state index contributed by atoms with van der Waals surface area (Å²) in [6.45, 7) is 1.86. The van der Waals surface area contributed by atoms with Crippen molar-refractivity contribution >= 4 is 22.5 Å². The number of hydrogen-bond acceptors (Lipinski definition) is 4. The van der Waals surface area contributed by atoms with Crippen LogP contribution in [0, 0.1) is 0 Å². The number of nitrogens with one attached hydrogen (secondary N) is 1. The molecule has 0 radical (unpaired) electrons. The summed E-state index contributed by atoms with van der Waals surface area (Å²) >= 11 is 0. The number of anilines is 1. The van der Waals surface area contributed by atoms with E-state index in [9.17, 15) is 4.79 Å². The predicted octanol–water partition coefficient (Wildman–Crippen LogP) is 3.70. The van der Waals surface area contributed by atoms with Crippen LogP contribution in [0.3, 0.4) is 0 Å². The molecule has 3 N–H and O–H groups in total. The molecule has 122 valence electrons. The van der Waals surface area contributed by atoms with Crippen LogP contribution in [0.25, 0.3) is 10.8 Å². The number of ether oxygens (including phenoxy) is 1. The highest BCUT2D eigenvalue weighted by atomic mass is 16.5. The van der Waals surface area contributed by atoms with Crippen molar-refractivity contribution < 1.29 is 9.53 Å². The van der Waals surface area contributed by atoms with E-state index in [-0.39, 0.29) is 5.91 Å². The summed E-state index contributed by atoms with van der Waals surface area (Å²) in [5.41, 5.74) is 5.71. The minimum Gasteiger partial charge on any atom is -0.457 e. The fraction of sp³-hybridized carbons (Fsp3) is 0.158. The molecular formula is C19H19N3O2. The number of nitrogens with two attached hydrogens (primary N) is 1. The Morgan fingerprint density at radius 3 is 2.67 bits per heavy atom. The van der Waals surface area contributed by atoms with E-state index in [1.807, 2.05) is 43.3 Å². The quantitative estimate of drug-likeness (QED) is 0.751. The molecule has 0 aliphatic heterocycles. The van der Waals surface area contributed by atoms with E-state index >= 15 is 0 Å². The van der Waals surface area contributed by atoms with Gasteiger partial charge in [0.1, 0.15) is 17.3 Å². The SMILES string of the molecule is CC[C@@H](N)C(=O)Nc1cc(Oc2ccc3ccccc3c2)ccn1. The number of pyridine rings is 1. The monoisotopic (exact) mass is 321 g/mol. The van der Waals surface area contributed by atoms with Gasteiger partial charge in [0.15, 0.2) is 0 Å². The molecule has 0 spiro atoms. The molecule has 0 aliphatic rings. The molecular weight excluding hydrogens is 302 g/mol. The first-order valence-corrected chi connectivity index (χ1v) is 7.85. The number of rotatable bonds is 5. The molecule has 0 bridgehead atoms. The molecule has 0 unspecified atom stereocenters. The van der Waals surface area contributed by atoms with Crippen LogP contribution >= 0.6 is 0 Å². The van der Waals surface area contributed by atoms with Gasteiger partial charge in [-0.3, -0.25) is 4.79 Å². The first kappa shape index (κ1) is 16.0. The van der Waals surface area contributed by atoms with Crippen LogP contribution in [0.2, 0.25) is 0 Å². The highest BCUT2D eigenvalue weighted by Gasteiger charge is 2.12. The smallest absolute Gasteiger partial charge is 0.242 e. The lowest BCUT2D eigenvalue weighted by atomic mass is 10.1. The Kier molecular flexibility index (Phi) is 4.72. The molecule has 1 atom stereocenters. The summed E-state index contributed by atoms with van der Waals surface area (Å²) < 4.78 is 5.87. The maximum absolute atomic E-state index is 11.8. The Labute approximate surface area is 140 Å². The first-order chi connectivity index (χ1) is 11.7. The van der Waals surface area contributed by atoms with Gasteiger partial charge in [-0.15, -0.1) is 0 Å². The summed E-state index contributed by atoms with van der Waals surface area (Å²) in [5.74, 6) is 1.48. The lowest BCUT2D eigenvalue weighted by molar-refractivity contribution is -0.117. The Bertz CT molecular complexity index is 864. The van der Waals surface area contributed by atoms with E-state index in [1.54, 1.807) is 18.3 Å². The second kappa shape index (κ2) is 7.10. The summed E-state index contributed by atoms with van der Waals surface area (Å²) in [4.78, 5) is 16.0. The molecule has 5 nitrogen and oxygen atoms in total. The molecule has 3 aromatic rings. The summed E-state index contributed by atoms with van der Waals surface area (Å²) in [6.07, 6.45) is 2.16. The average Bonchev–Trinajstić information content (AvgIpc) is 2.61. The largest absolute Gasteiger partial charge is 0.457 e. The van der Waals surface area contributed by atoms with Gasteiger partial charge in [0.2, 0.25) is 5.91 Å². The normalized spacial score (nSPS) is 11.9. The number of aromatic nitrogens is 1. The van der Waals surface area contributed by atoms with Crippen molar-refractivity contribution in [1.29, 1.82) is 0 Å². The summed E-state index contributed by atoms with van der Waals surface area (Å²) in [6, 6.07) is 16.8. The first-order valence-electron chi connectivity index (χ1n) is 7.85. The number of fused-ring (bicyclic) bond motifs is 1. The number of benzene rings is 2. The van der Waals surface area contributed by atoms with Gasteiger partial charge in [-0.05, 0) is 35.4 Å². The molecule has 5 heteroatoms. The topological polar surface area (TPSA) is 77.2 Å². The van der Waals surface area contributed by atoms with Crippen molar-refractivity contribution in [2.45, 2.75) is 19.4 Å². The molecule has 1 amide bonds. The third-order valence-electron chi connectivity index (χ3n) is 3.72. The molecule has 3 rings (SSSR count). The Balaban J connectivity index is 1.77. The van der Waals surface area contributed by atoms with Crippen molar-refractivity contribution in [3.8, 4) is 11.5 Å². The number of carbonyl (C=O) groups excluding carboxylic acids is 1. The van der Waals surface area contributed by atoms with Crippen molar-refractivity contribution in [2.24, 2.45) is 5.73 Å². The van der Waals surface area contributed by atoms with Crippen molar-refractivity contribution in [2.75, 3.05) is 5.32 Å². The van der Waals surface area contributed by atoms with Crippen LogP contribution in [-0.2, 0) is 4.79 Å². The van der Waals surface area contributed by atoms with Crippen molar-refractivity contribution in [3.05, 3.63) is 60.8 Å². The van der Waals surface area contributed by atoms with Gasteiger partial charge >= 0.3 is 0 Å². The van der Waals surface area contributed by atoms with Gasteiger partial charge in [-0.2, -0.15) is 0 Å². The fourth-order valence-corrected chi connectivity index (χ4v) is 2.31. The van der Waals surface area contributed by atoms with Gasteiger partial charge in [0, 0.05) is 12.3 Å². The second-order valence-electron chi connectivity index (χ2n) is 5.49. The van der Waals surface area contributed by atoms with Crippen LogP contribution in [-0.4, -0.2) is 16.9 Å². The Morgan fingerprint density at radius 1 is 1.12 bits per heavy atom. The molecule has 0 saturated carbocycles. The van der Waals surface area contributed by atoms with Gasteiger partial charge < -0.3 is 15.8 Å².